The van der Waals surface area contributed by atoms with Crippen molar-refractivity contribution in [3.63, 3.8) is 0 Å². The number of hydrogen-bond acceptors (Lipinski definition) is 1. The number of ketones is 1. The number of hydrogen-bond donors (Lipinski definition) is 0. The molecule has 0 aromatic heterocycles. The fourth-order valence-electron chi connectivity index (χ4n) is 5.51. The largest absolute Gasteiger partial charge is 0.327 e. The third-order valence-electron chi connectivity index (χ3n) is 7.22. The van der Waals surface area contributed by atoms with Crippen LogP contribution in [0, 0.1) is 0 Å². The summed E-state index contributed by atoms with van der Waals surface area (Å²) in [6.45, 7) is 2.58. The van der Waals surface area contributed by atoms with Gasteiger partial charge in [0.05, 0.1) is 21.1 Å². The van der Waals surface area contributed by atoms with Gasteiger partial charge in [0.15, 0.2) is 5.78 Å². The topological polar surface area (TPSA) is 17.1 Å². The molecule has 0 saturated carbocycles. The lowest BCUT2D eigenvalue weighted by Gasteiger charge is -2.44. The Labute approximate surface area is 234 Å². The van der Waals surface area contributed by atoms with Crippen molar-refractivity contribution in [2.45, 2.75) is 13.5 Å². The molecule has 0 aliphatic carbocycles. The summed E-state index contributed by atoms with van der Waals surface area (Å²) in [7, 11) is 6.46. The van der Waals surface area contributed by atoms with Gasteiger partial charge in [0.25, 0.3) is 0 Å². The Morgan fingerprint density at radius 3 is 1.08 bits per heavy atom. The van der Waals surface area contributed by atoms with Crippen LogP contribution in [0.25, 0.3) is 0 Å². The van der Waals surface area contributed by atoms with E-state index in [1.54, 1.807) is 6.92 Å². The molecule has 0 radical (unpaired) electrons. The third kappa shape index (κ3) is 6.82. The zero-order chi connectivity index (χ0) is 27.7. The van der Waals surface area contributed by atoms with Crippen LogP contribution in [0.5, 0.6) is 0 Å². The zero-order valence-electron chi connectivity index (χ0n) is 23.5. The summed E-state index contributed by atoms with van der Waals surface area (Å²) < 4.78 is 0.902. The lowest BCUT2D eigenvalue weighted by molar-refractivity contribution is -0.884. The standard InChI is InChI=1S/C24H20B.C12H18NO/c1-5-13-21(14-6-1)25(22-15-7-2-8-16-22,23-17-9-3-10-18-23)24-19-11-4-12-20-24;1-10(14)12-7-5-11(6-8-12)9-13(2,3)4/h1-20H;5-8H,9H2,1-4H3/q-1;+1. The van der Waals surface area contributed by atoms with Crippen molar-refractivity contribution in [1.82, 2.24) is 0 Å². The van der Waals surface area contributed by atoms with E-state index in [4.69, 9.17) is 0 Å². The van der Waals surface area contributed by atoms with Crippen LogP contribution in [0.2, 0.25) is 0 Å². The molecule has 5 rings (SSSR count). The van der Waals surface area contributed by atoms with Gasteiger partial charge in [-0.05, 0) is 6.92 Å². The Balaban J connectivity index is 0.000000215. The van der Waals surface area contributed by atoms with Gasteiger partial charge in [0, 0.05) is 11.1 Å². The van der Waals surface area contributed by atoms with Crippen molar-refractivity contribution >= 4 is 33.8 Å². The fraction of sp³-hybridized carbons (Fsp3) is 0.139. The smallest absolute Gasteiger partial charge is 0.159 e. The van der Waals surface area contributed by atoms with Gasteiger partial charge in [-0.3, -0.25) is 4.79 Å². The van der Waals surface area contributed by atoms with Crippen LogP contribution < -0.4 is 21.9 Å². The molecule has 196 valence electrons. The Kier molecular flexibility index (Phi) is 8.96. The first-order valence-electron chi connectivity index (χ1n) is 13.6. The highest BCUT2D eigenvalue weighted by Gasteiger charge is 2.31. The fourth-order valence-corrected chi connectivity index (χ4v) is 5.51. The van der Waals surface area contributed by atoms with E-state index in [2.05, 4.69) is 142 Å². The molecule has 5 aromatic rings. The first-order chi connectivity index (χ1) is 18.8. The van der Waals surface area contributed by atoms with Crippen molar-refractivity contribution in [3.8, 4) is 0 Å². The second-order valence-corrected chi connectivity index (χ2v) is 11.2. The van der Waals surface area contributed by atoms with Crippen LogP contribution in [-0.4, -0.2) is 37.6 Å². The van der Waals surface area contributed by atoms with Crippen molar-refractivity contribution in [3.05, 3.63) is 157 Å². The molecule has 0 bridgehead atoms. The minimum absolute atomic E-state index is 0.127. The first-order valence-corrected chi connectivity index (χ1v) is 13.6. The van der Waals surface area contributed by atoms with E-state index in [0.717, 1.165) is 16.6 Å². The van der Waals surface area contributed by atoms with Crippen molar-refractivity contribution in [1.29, 1.82) is 0 Å². The second-order valence-electron chi connectivity index (χ2n) is 11.2. The Hall–Kier alpha value is -4.21. The molecule has 0 unspecified atom stereocenters. The average Bonchev–Trinajstić information content (AvgIpc) is 2.96. The molecule has 5 aromatic carbocycles. The highest BCUT2D eigenvalue weighted by atomic mass is 16.1. The van der Waals surface area contributed by atoms with Crippen molar-refractivity contribution in [2.24, 2.45) is 0 Å². The van der Waals surface area contributed by atoms with Gasteiger partial charge in [0.2, 0.25) is 0 Å². The minimum atomic E-state index is -1.22. The van der Waals surface area contributed by atoms with E-state index in [1.807, 2.05) is 24.3 Å². The zero-order valence-corrected chi connectivity index (χ0v) is 23.5. The van der Waals surface area contributed by atoms with Crippen LogP contribution >= 0.6 is 0 Å². The number of Topliss-reactive ketones (excluding diaryl/α,β-unsaturated/α-hetero) is 1. The van der Waals surface area contributed by atoms with Gasteiger partial charge in [-0.2, -0.15) is 21.9 Å². The maximum Gasteiger partial charge on any atom is 0.159 e. The molecule has 0 N–H and O–H groups in total. The summed E-state index contributed by atoms with van der Waals surface area (Å²) in [6, 6.07) is 51.4. The van der Waals surface area contributed by atoms with E-state index < -0.39 is 6.15 Å². The maximum atomic E-state index is 11.0. The van der Waals surface area contributed by atoms with E-state index in [-0.39, 0.29) is 5.78 Å². The summed E-state index contributed by atoms with van der Waals surface area (Å²) >= 11 is 0. The predicted molar refractivity (Wildman–Crippen MR) is 168 cm³/mol. The predicted octanol–water partition coefficient (Wildman–Crippen LogP) is 5.16. The summed E-state index contributed by atoms with van der Waals surface area (Å²) in [4.78, 5) is 11.0. The van der Waals surface area contributed by atoms with Gasteiger partial charge < -0.3 is 4.48 Å². The average molecular weight is 512 g/mol. The molecular weight excluding hydrogens is 473 g/mol. The van der Waals surface area contributed by atoms with E-state index in [9.17, 15) is 4.79 Å². The van der Waals surface area contributed by atoms with Gasteiger partial charge in [-0.1, -0.05) is 146 Å². The van der Waals surface area contributed by atoms with Crippen LogP contribution in [-0.2, 0) is 6.54 Å². The Bertz CT molecular complexity index is 1280. The van der Waals surface area contributed by atoms with Crippen molar-refractivity contribution < 1.29 is 9.28 Å². The first kappa shape index (κ1) is 27.8. The van der Waals surface area contributed by atoms with Crippen LogP contribution in [0.1, 0.15) is 22.8 Å². The molecule has 3 heteroatoms. The van der Waals surface area contributed by atoms with Gasteiger partial charge in [-0.15, -0.1) is 0 Å². The van der Waals surface area contributed by atoms with E-state index in [1.165, 1.54) is 27.4 Å². The molecule has 0 spiro atoms. The van der Waals surface area contributed by atoms with E-state index >= 15 is 0 Å². The molecule has 0 aliphatic heterocycles. The molecule has 39 heavy (non-hydrogen) atoms. The van der Waals surface area contributed by atoms with Gasteiger partial charge >= 0.3 is 0 Å². The number of carbonyl (C=O) groups excluding carboxylic acids is 1. The SMILES string of the molecule is CC(=O)c1ccc(C[N+](C)(C)C)cc1.c1ccc([B-](c2ccccc2)(c2ccccc2)c2ccccc2)cc1. The molecule has 0 heterocycles. The third-order valence-corrected chi connectivity index (χ3v) is 7.22. The summed E-state index contributed by atoms with van der Waals surface area (Å²) in [6.07, 6.45) is -1.22. The van der Waals surface area contributed by atoms with E-state index in [0.29, 0.717) is 0 Å². The highest BCUT2D eigenvalue weighted by Crippen LogP contribution is 2.10. The summed E-state index contributed by atoms with van der Waals surface area (Å²) in [5.74, 6) is 0.127. The monoisotopic (exact) mass is 511 g/mol. The normalized spacial score (nSPS) is 11.3. The number of nitrogens with zero attached hydrogens (tertiary/aromatic N) is 1. The maximum absolute atomic E-state index is 11.0. The quantitative estimate of drug-likeness (QED) is 0.168. The summed E-state index contributed by atoms with van der Waals surface area (Å²) in [5, 5.41) is 0. The molecule has 0 atom stereocenters. The molecule has 0 fully saturated rings. The van der Waals surface area contributed by atoms with Gasteiger partial charge in [0.1, 0.15) is 12.7 Å². The second kappa shape index (κ2) is 12.6. The molecule has 2 nitrogen and oxygen atoms in total. The number of rotatable bonds is 7. The number of benzene rings is 5. The highest BCUT2D eigenvalue weighted by molar-refractivity contribution is 7.19. The minimum Gasteiger partial charge on any atom is -0.327 e. The van der Waals surface area contributed by atoms with Crippen LogP contribution in [0.15, 0.2) is 146 Å². The van der Waals surface area contributed by atoms with Crippen molar-refractivity contribution in [2.75, 3.05) is 21.1 Å². The Morgan fingerprint density at radius 2 is 0.821 bits per heavy atom. The molecular formula is C36H38BNO. The van der Waals surface area contributed by atoms with Gasteiger partial charge in [-0.25, -0.2) is 0 Å². The Morgan fingerprint density at radius 1 is 0.513 bits per heavy atom. The lowest BCUT2D eigenvalue weighted by atomic mass is 9.13. The number of carbonyl (C=O) groups is 1. The summed E-state index contributed by atoms with van der Waals surface area (Å²) in [5.41, 5.74) is 7.41. The van der Waals surface area contributed by atoms with Crippen LogP contribution in [0.4, 0.5) is 0 Å². The van der Waals surface area contributed by atoms with Crippen LogP contribution in [0.3, 0.4) is 0 Å². The number of quaternary nitrogens is 1. The molecule has 0 aliphatic rings. The molecule has 0 amide bonds. The lowest BCUT2D eigenvalue weighted by Crippen LogP contribution is -2.74. The molecule has 0 saturated heterocycles.